The quantitative estimate of drug-likeness (QED) is 0.882. The van der Waals surface area contributed by atoms with Gasteiger partial charge in [-0.25, -0.2) is 8.42 Å². The summed E-state index contributed by atoms with van der Waals surface area (Å²) in [7, 11) is -3.22. The number of carbonyl (C=O) groups is 1. The van der Waals surface area contributed by atoms with Crippen LogP contribution in [0.15, 0.2) is 29.2 Å². The van der Waals surface area contributed by atoms with Gasteiger partial charge >= 0.3 is 0 Å². The molecule has 0 aromatic heterocycles. The van der Waals surface area contributed by atoms with Gasteiger partial charge in [-0.05, 0) is 49.6 Å². The Morgan fingerprint density at radius 1 is 1.24 bits per heavy atom. The second-order valence-electron chi connectivity index (χ2n) is 5.97. The van der Waals surface area contributed by atoms with E-state index in [1.54, 1.807) is 12.1 Å². The minimum Gasteiger partial charge on any atom is -0.337 e. The molecule has 2 saturated heterocycles. The first-order valence-electron chi connectivity index (χ1n) is 7.28. The molecule has 114 valence electrons. The van der Waals surface area contributed by atoms with Crippen LogP contribution in [0.4, 0.5) is 0 Å². The lowest BCUT2D eigenvalue weighted by Gasteiger charge is -2.24. The summed E-state index contributed by atoms with van der Waals surface area (Å²) in [5, 5.41) is 3.47. The molecule has 0 saturated carbocycles. The molecule has 2 unspecified atom stereocenters. The molecule has 2 heterocycles. The Labute approximate surface area is 125 Å². The summed E-state index contributed by atoms with van der Waals surface area (Å²) >= 11 is 0. The Hall–Kier alpha value is -1.40. The Kier molecular flexibility index (Phi) is 3.75. The maximum Gasteiger partial charge on any atom is 0.253 e. The summed E-state index contributed by atoms with van der Waals surface area (Å²) in [4.78, 5) is 14.6. The molecule has 3 rings (SSSR count). The van der Waals surface area contributed by atoms with Crippen molar-refractivity contribution >= 4 is 15.7 Å². The van der Waals surface area contributed by atoms with Crippen LogP contribution in [0.2, 0.25) is 0 Å². The van der Waals surface area contributed by atoms with Crippen molar-refractivity contribution in [3.05, 3.63) is 29.8 Å². The average molecular weight is 308 g/mol. The van der Waals surface area contributed by atoms with Gasteiger partial charge in [0.15, 0.2) is 9.84 Å². The van der Waals surface area contributed by atoms with E-state index in [0.717, 1.165) is 19.6 Å². The van der Waals surface area contributed by atoms with Crippen molar-refractivity contribution in [2.45, 2.75) is 23.8 Å². The van der Waals surface area contributed by atoms with Crippen LogP contribution in [0, 0.1) is 5.92 Å². The first kappa shape index (κ1) is 14.5. The van der Waals surface area contributed by atoms with Gasteiger partial charge in [-0.3, -0.25) is 4.79 Å². The third-order valence-corrected chi connectivity index (χ3v) is 5.54. The molecule has 0 radical (unpaired) electrons. The number of fused-ring (bicyclic) bond motifs is 1. The minimum absolute atomic E-state index is 0.00810. The van der Waals surface area contributed by atoms with Crippen LogP contribution in [0.3, 0.4) is 0 Å². The number of nitrogens with zero attached hydrogens (tertiary/aromatic N) is 1. The van der Waals surface area contributed by atoms with E-state index < -0.39 is 9.84 Å². The monoisotopic (exact) mass is 308 g/mol. The van der Waals surface area contributed by atoms with Crippen LogP contribution >= 0.6 is 0 Å². The predicted octanol–water partition coefficient (Wildman–Crippen LogP) is 0.914. The standard InChI is InChI=1S/C15H20N2O3S/c1-21(19,20)13-6-4-11(5-7-13)15(18)17-9-12-3-2-8-16-14(12)10-17/h4-7,12,14,16H,2-3,8-10H2,1H3. The number of hydrogen-bond donors (Lipinski definition) is 1. The highest BCUT2D eigenvalue weighted by molar-refractivity contribution is 7.90. The fraction of sp³-hybridized carbons (Fsp3) is 0.533. The SMILES string of the molecule is CS(=O)(=O)c1ccc(C(=O)N2CC3CCCNC3C2)cc1. The summed E-state index contributed by atoms with van der Waals surface area (Å²) in [5.74, 6) is 0.546. The van der Waals surface area contributed by atoms with Gasteiger partial charge in [0.05, 0.1) is 4.90 Å². The van der Waals surface area contributed by atoms with Crippen LogP contribution in [0.5, 0.6) is 0 Å². The summed E-state index contributed by atoms with van der Waals surface area (Å²) < 4.78 is 22.9. The highest BCUT2D eigenvalue weighted by Crippen LogP contribution is 2.26. The van der Waals surface area contributed by atoms with Gasteiger partial charge in [0, 0.05) is 31.0 Å². The van der Waals surface area contributed by atoms with E-state index in [9.17, 15) is 13.2 Å². The minimum atomic E-state index is -3.22. The molecule has 2 fully saturated rings. The van der Waals surface area contributed by atoms with Crippen LogP contribution < -0.4 is 5.32 Å². The number of rotatable bonds is 2. The average Bonchev–Trinajstić information content (AvgIpc) is 2.89. The molecule has 2 aliphatic heterocycles. The lowest BCUT2D eigenvalue weighted by atomic mass is 9.94. The largest absolute Gasteiger partial charge is 0.337 e. The zero-order chi connectivity index (χ0) is 15.0. The zero-order valence-electron chi connectivity index (χ0n) is 12.1. The number of nitrogens with one attached hydrogen (secondary N) is 1. The third-order valence-electron chi connectivity index (χ3n) is 4.42. The molecular weight excluding hydrogens is 288 g/mol. The number of hydrogen-bond acceptors (Lipinski definition) is 4. The number of sulfone groups is 1. The summed E-state index contributed by atoms with van der Waals surface area (Å²) in [6, 6.07) is 6.63. The lowest BCUT2D eigenvalue weighted by Crippen LogP contribution is -2.41. The van der Waals surface area contributed by atoms with E-state index >= 15 is 0 Å². The molecule has 0 aliphatic carbocycles. The van der Waals surface area contributed by atoms with Crippen molar-refractivity contribution in [3.8, 4) is 0 Å². The topological polar surface area (TPSA) is 66.5 Å². The second kappa shape index (κ2) is 5.42. The molecule has 21 heavy (non-hydrogen) atoms. The fourth-order valence-corrected chi connectivity index (χ4v) is 3.87. The molecule has 2 atom stereocenters. The van der Waals surface area contributed by atoms with Gasteiger partial charge in [-0.2, -0.15) is 0 Å². The van der Waals surface area contributed by atoms with Crippen molar-refractivity contribution in [1.29, 1.82) is 0 Å². The van der Waals surface area contributed by atoms with E-state index in [-0.39, 0.29) is 10.8 Å². The van der Waals surface area contributed by atoms with E-state index in [1.165, 1.54) is 31.2 Å². The summed E-state index contributed by atoms with van der Waals surface area (Å²) in [6.45, 7) is 2.58. The molecule has 2 aliphatic rings. The maximum absolute atomic E-state index is 12.5. The van der Waals surface area contributed by atoms with Gasteiger partial charge in [-0.15, -0.1) is 0 Å². The van der Waals surface area contributed by atoms with Crippen LogP contribution in [-0.4, -0.2) is 51.2 Å². The zero-order valence-corrected chi connectivity index (χ0v) is 12.9. The van der Waals surface area contributed by atoms with Gasteiger partial charge in [0.25, 0.3) is 5.91 Å². The normalized spacial score (nSPS) is 25.7. The number of benzene rings is 1. The fourth-order valence-electron chi connectivity index (χ4n) is 3.24. The Morgan fingerprint density at radius 3 is 2.57 bits per heavy atom. The molecule has 6 heteroatoms. The van der Waals surface area contributed by atoms with Gasteiger partial charge < -0.3 is 10.2 Å². The van der Waals surface area contributed by atoms with Gasteiger partial charge in [-0.1, -0.05) is 0 Å². The summed E-state index contributed by atoms with van der Waals surface area (Å²) in [5.41, 5.74) is 0.557. The molecule has 1 N–H and O–H groups in total. The summed E-state index contributed by atoms with van der Waals surface area (Å²) in [6.07, 6.45) is 3.52. The van der Waals surface area contributed by atoms with Gasteiger partial charge in [0.1, 0.15) is 0 Å². The Bertz CT molecular complexity index is 625. The number of likely N-dealkylation sites (tertiary alicyclic amines) is 1. The van der Waals surface area contributed by atoms with Crippen molar-refractivity contribution in [2.75, 3.05) is 25.9 Å². The first-order chi connectivity index (χ1) is 9.95. The molecule has 5 nitrogen and oxygen atoms in total. The number of amides is 1. The highest BCUT2D eigenvalue weighted by Gasteiger charge is 2.36. The van der Waals surface area contributed by atoms with Crippen molar-refractivity contribution in [2.24, 2.45) is 5.92 Å². The Morgan fingerprint density at radius 2 is 1.95 bits per heavy atom. The molecule has 1 aromatic rings. The van der Waals surface area contributed by atoms with Crippen LogP contribution in [0.1, 0.15) is 23.2 Å². The molecular formula is C15H20N2O3S. The second-order valence-corrected chi connectivity index (χ2v) is 7.99. The number of piperidine rings is 1. The smallest absolute Gasteiger partial charge is 0.253 e. The molecule has 1 amide bonds. The highest BCUT2D eigenvalue weighted by atomic mass is 32.2. The van der Waals surface area contributed by atoms with Crippen LogP contribution in [-0.2, 0) is 9.84 Å². The lowest BCUT2D eigenvalue weighted by molar-refractivity contribution is 0.0785. The van der Waals surface area contributed by atoms with Crippen molar-refractivity contribution < 1.29 is 13.2 Å². The van der Waals surface area contributed by atoms with E-state index in [2.05, 4.69) is 5.32 Å². The van der Waals surface area contributed by atoms with Crippen molar-refractivity contribution in [1.82, 2.24) is 10.2 Å². The van der Waals surface area contributed by atoms with Gasteiger partial charge in [0.2, 0.25) is 0 Å². The number of carbonyl (C=O) groups excluding carboxylic acids is 1. The molecule has 0 bridgehead atoms. The maximum atomic E-state index is 12.5. The first-order valence-corrected chi connectivity index (χ1v) is 9.17. The van der Waals surface area contributed by atoms with Crippen LogP contribution in [0.25, 0.3) is 0 Å². The molecule has 1 aromatic carbocycles. The van der Waals surface area contributed by atoms with E-state index in [4.69, 9.17) is 0 Å². The van der Waals surface area contributed by atoms with E-state index in [0.29, 0.717) is 17.5 Å². The Balaban J connectivity index is 1.74. The third kappa shape index (κ3) is 2.96. The van der Waals surface area contributed by atoms with E-state index in [1.807, 2.05) is 4.90 Å². The predicted molar refractivity (Wildman–Crippen MR) is 80.0 cm³/mol. The van der Waals surface area contributed by atoms with Crippen molar-refractivity contribution in [3.63, 3.8) is 0 Å². The molecule has 0 spiro atoms.